The van der Waals surface area contributed by atoms with Crippen LogP contribution in [0.1, 0.15) is 28.4 Å². The molecule has 0 aliphatic heterocycles. The van der Waals surface area contributed by atoms with Crippen LogP contribution in [0.25, 0.3) is 0 Å². The summed E-state index contributed by atoms with van der Waals surface area (Å²) in [4.78, 5) is 23.0. The second-order valence-corrected chi connectivity index (χ2v) is 3.98. The van der Waals surface area contributed by atoms with Crippen molar-refractivity contribution in [2.75, 3.05) is 19.8 Å². The van der Waals surface area contributed by atoms with Gasteiger partial charge in [0.2, 0.25) is 0 Å². The first kappa shape index (κ1) is 15.7. The summed E-state index contributed by atoms with van der Waals surface area (Å²) in [6.07, 6.45) is 0. The number of hydrogen-bond donors (Lipinski definition) is 2. The maximum Gasteiger partial charge on any atom is 0.325 e. The molecule has 0 unspecified atom stereocenters. The van der Waals surface area contributed by atoms with Crippen LogP contribution in [0, 0.1) is 18.8 Å². The molecule has 0 aliphatic carbocycles. The quantitative estimate of drug-likeness (QED) is 0.624. The van der Waals surface area contributed by atoms with Gasteiger partial charge >= 0.3 is 5.97 Å². The van der Waals surface area contributed by atoms with Crippen molar-refractivity contribution < 1.29 is 19.4 Å². The van der Waals surface area contributed by atoms with Crippen LogP contribution in [0.4, 0.5) is 0 Å². The van der Waals surface area contributed by atoms with Gasteiger partial charge in [-0.3, -0.25) is 9.59 Å². The topological polar surface area (TPSA) is 75.6 Å². The Morgan fingerprint density at radius 3 is 2.80 bits per heavy atom. The molecule has 20 heavy (non-hydrogen) atoms. The maximum atomic E-state index is 11.9. The molecule has 0 saturated heterocycles. The highest BCUT2D eigenvalue weighted by atomic mass is 16.5. The third kappa shape index (κ3) is 4.75. The van der Waals surface area contributed by atoms with Crippen LogP contribution in [-0.2, 0) is 9.53 Å². The lowest BCUT2D eigenvalue weighted by Crippen LogP contribution is -2.30. The Morgan fingerprint density at radius 2 is 2.15 bits per heavy atom. The summed E-state index contributed by atoms with van der Waals surface area (Å²) >= 11 is 0. The standard InChI is InChI=1S/C15H17NO4/c1-3-20-14(18)10-16-15(19)13-7-6-11(2)12(9-13)5-4-8-17/h6-7,9,17H,3,8,10H2,1-2H3,(H,16,19). The average Bonchev–Trinajstić information content (AvgIpc) is 2.44. The van der Waals surface area contributed by atoms with Gasteiger partial charge in [0.1, 0.15) is 13.2 Å². The molecule has 1 aromatic carbocycles. The number of nitrogens with one attached hydrogen (secondary N) is 1. The van der Waals surface area contributed by atoms with Crippen molar-refractivity contribution in [2.24, 2.45) is 0 Å². The largest absolute Gasteiger partial charge is 0.465 e. The Morgan fingerprint density at radius 1 is 1.40 bits per heavy atom. The monoisotopic (exact) mass is 275 g/mol. The first-order valence-electron chi connectivity index (χ1n) is 6.22. The molecule has 0 radical (unpaired) electrons. The van der Waals surface area contributed by atoms with E-state index in [-0.39, 0.29) is 25.7 Å². The van der Waals surface area contributed by atoms with Gasteiger partial charge in [0.15, 0.2) is 0 Å². The third-order valence-corrected chi connectivity index (χ3v) is 2.50. The Labute approximate surface area is 117 Å². The highest BCUT2D eigenvalue weighted by molar-refractivity contribution is 5.96. The minimum absolute atomic E-state index is 0.168. The van der Waals surface area contributed by atoms with Crippen LogP contribution in [0.15, 0.2) is 18.2 Å². The smallest absolute Gasteiger partial charge is 0.325 e. The van der Waals surface area contributed by atoms with Gasteiger partial charge in [0.25, 0.3) is 5.91 Å². The maximum absolute atomic E-state index is 11.9. The van der Waals surface area contributed by atoms with Crippen LogP contribution < -0.4 is 5.32 Å². The van der Waals surface area contributed by atoms with Gasteiger partial charge in [-0.2, -0.15) is 0 Å². The lowest BCUT2D eigenvalue weighted by Gasteiger charge is -2.06. The fraction of sp³-hybridized carbons (Fsp3) is 0.333. The predicted molar refractivity (Wildman–Crippen MR) is 74.1 cm³/mol. The van der Waals surface area contributed by atoms with E-state index in [9.17, 15) is 9.59 Å². The van der Waals surface area contributed by atoms with Crippen molar-refractivity contribution in [3.63, 3.8) is 0 Å². The van der Waals surface area contributed by atoms with Gasteiger partial charge in [-0.05, 0) is 31.5 Å². The van der Waals surface area contributed by atoms with Gasteiger partial charge in [-0.15, -0.1) is 0 Å². The predicted octanol–water partition coefficient (Wildman–Crippen LogP) is 0.632. The molecule has 2 N–H and O–H groups in total. The summed E-state index contributed by atoms with van der Waals surface area (Å²) in [6.45, 7) is 3.44. The van der Waals surface area contributed by atoms with Crippen LogP contribution in [-0.4, -0.2) is 36.7 Å². The summed E-state index contributed by atoms with van der Waals surface area (Å²) < 4.78 is 4.72. The summed E-state index contributed by atoms with van der Waals surface area (Å²) in [5, 5.41) is 11.2. The van der Waals surface area contributed by atoms with Gasteiger partial charge in [0, 0.05) is 11.1 Å². The molecule has 0 bridgehead atoms. The Kier molecular flexibility index (Phi) is 6.27. The number of aliphatic hydroxyl groups is 1. The molecule has 0 heterocycles. The Bertz CT molecular complexity index is 555. The zero-order valence-corrected chi connectivity index (χ0v) is 11.5. The van der Waals surface area contributed by atoms with E-state index in [0.717, 1.165) is 5.56 Å². The number of aliphatic hydroxyl groups excluding tert-OH is 1. The molecule has 1 amide bonds. The molecule has 106 valence electrons. The summed E-state index contributed by atoms with van der Waals surface area (Å²) in [5.41, 5.74) is 1.98. The van der Waals surface area contributed by atoms with E-state index in [1.165, 1.54) is 0 Å². The van der Waals surface area contributed by atoms with E-state index in [1.54, 1.807) is 25.1 Å². The number of hydrogen-bond acceptors (Lipinski definition) is 4. The average molecular weight is 275 g/mol. The van der Waals surface area contributed by atoms with Crippen molar-refractivity contribution in [3.05, 3.63) is 34.9 Å². The molecule has 1 rings (SSSR count). The zero-order chi connectivity index (χ0) is 15.0. The first-order valence-corrected chi connectivity index (χ1v) is 6.22. The molecule has 0 spiro atoms. The molecule has 0 atom stereocenters. The summed E-state index contributed by atoms with van der Waals surface area (Å²) in [5.74, 6) is 4.46. The van der Waals surface area contributed by atoms with Crippen LogP contribution in [0.5, 0.6) is 0 Å². The molecular formula is C15H17NO4. The Hall–Kier alpha value is -2.32. The molecule has 0 saturated carbocycles. The number of rotatable bonds is 4. The fourth-order valence-electron chi connectivity index (χ4n) is 1.50. The number of carbonyl (C=O) groups is 2. The van der Waals surface area contributed by atoms with Crippen molar-refractivity contribution in [1.82, 2.24) is 5.32 Å². The number of carbonyl (C=O) groups excluding carboxylic acids is 2. The Balaban J connectivity index is 2.76. The molecule has 0 fully saturated rings. The molecule has 5 heteroatoms. The van der Waals surface area contributed by atoms with Gasteiger partial charge < -0.3 is 15.2 Å². The van der Waals surface area contributed by atoms with Gasteiger partial charge in [-0.25, -0.2) is 0 Å². The normalized spacial score (nSPS) is 9.35. The van der Waals surface area contributed by atoms with Crippen LogP contribution in [0.3, 0.4) is 0 Å². The van der Waals surface area contributed by atoms with Crippen molar-refractivity contribution in [3.8, 4) is 11.8 Å². The van der Waals surface area contributed by atoms with Crippen molar-refractivity contribution in [2.45, 2.75) is 13.8 Å². The SMILES string of the molecule is CCOC(=O)CNC(=O)c1ccc(C)c(C#CCO)c1. The van der Waals surface area contributed by atoms with E-state index in [2.05, 4.69) is 17.2 Å². The van der Waals surface area contributed by atoms with E-state index < -0.39 is 5.97 Å². The number of ether oxygens (including phenoxy) is 1. The second-order valence-electron chi connectivity index (χ2n) is 3.98. The molecule has 0 aliphatic rings. The fourth-order valence-corrected chi connectivity index (χ4v) is 1.50. The molecule has 1 aromatic rings. The zero-order valence-electron chi connectivity index (χ0n) is 11.5. The van der Waals surface area contributed by atoms with Gasteiger partial charge in [0.05, 0.1) is 6.61 Å². The minimum Gasteiger partial charge on any atom is -0.465 e. The van der Waals surface area contributed by atoms with E-state index in [0.29, 0.717) is 11.1 Å². The third-order valence-electron chi connectivity index (χ3n) is 2.50. The molecule has 0 aromatic heterocycles. The van der Waals surface area contributed by atoms with Crippen LogP contribution in [0.2, 0.25) is 0 Å². The molecule has 5 nitrogen and oxygen atoms in total. The van der Waals surface area contributed by atoms with E-state index in [4.69, 9.17) is 9.84 Å². The molecular weight excluding hydrogens is 258 g/mol. The van der Waals surface area contributed by atoms with Crippen LogP contribution >= 0.6 is 0 Å². The van der Waals surface area contributed by atoms with E-state index in [1.807, 2.05) is 6.92 Å². The minimum atomic E-state index is -0.478. The highest BCUT2D eigenvalue weighted by Crippen LogP contribution is 2.10. The van der Waals surface area contributed by atoms with Gasteiger partial charge in [-0.1, -0.05) is 17.9 Å². The number of esters is 1. The number of amides is 1. The summed E-state index contributed by atoms with van der Waals surface area (Å²) in [6, 6.07) is 5.04. The first-order chi connectivity index (χ1) is 9.58. The lowest BCUT2D eigenvalue weighted by atomic mass is 10.0. The lowest BCUT2D eigenvalue weighted by molar-refractivity contribution is -0.141. The van der Waals surface area contributed by atoms with Crippen molar-refractivity contribution >= 4 is 11.9 Å². The second kappa shape index (κ2) is 7.97. The summed E-state index contributed by atoms with van der Waals surface area (Å²) in [7, 11) is 0. The van der Waals surface area contributed by atoms with Crippen molar-refractivity contribution in [1.29, 1.82) is 0 Å². The number of aryl methyl sites for hydroxylation is 1. The number of benzene rings is 1. The highest BCUT2D eigenvalue weighted by Gasteiger charge is 2.09. The van der Waals surface area contributed by atoms with E-state index >= 15 is 0 Å².